The normalized spacial score (nSPS) is 15.1. The maximum atomic E-state index is 13.1. The summed E-state index contributed by atoms with van der Waals surface area (Å²) in [5, 5.41) is 4.35. The topological polar surface area (TPSA) is 94.0 Å². The van der Waals surface area contributed by atoms with E-state index in [4.69, 9.17) is 9.47 Å². The molecule has 9 nitrogen and oxygen atoms in total. The van der Waals surface area contributed by atoms with Crippen LogP contribution in [0.4, 0.5) is 0 Å². The van der Waals surface area contributed by atoms with Gasteiger partial charge in [0.25, 0.3) is 0 Å². The Kier molecular flexibility index (Phi) is 7.34. The number of morpholine rings is 1. The van der Waals surface area contributed by atoms with Gasteiger partial charge in [0.15, 0.2) is 0 Å². The highest BCUT2D eigenvalue weighted by molar-refractivity contribution is 7.89. The number of likely N-dealkylation sites (N-methyl/N-ethyl adjacent to an activating group) is 1. The molecule has 0 spiro atoms. The smallest absolute Gasteiger partial charge is 0.246 e. The van der Waals surface area contributed by atoms with Crippen molar-refractivity contribution in [3.05, 3.63) is 41.2 Å². The molecule has 170 valence electrons. The molecule has 0 radical (unpaired) electrons. The molecule has 0 unspecified atom stereocenters. The van der Waals surface area contributed by atoms with Crippen LogP contribution in [0.5, 0.6) is 5.75 Å². The number of rotatable bonds is 8. The molecule has 0 saturated carbocycles. The first-order valence-electron chi connectivity index (χ1n) is 10.3. The third-order valence-corrected chi connectivity index (χ3v) is 7.40. The van der Waals surface area contributed by atoms with E-state index in [0.717, 1.165) is 11.3 Å². The fourth-order valence-corrected chi connectivity index (χ4v) is 5.37. The summed E-state index contributed by atoms with van der Waals surface area (Å²) in [6, 6.07) is 7.60. The van der Waals surface area contributed by atoms with Gasteiger partial charge >= 0.3 is 0 Å². The number of carbonyl (C=O) groups is 1. The van der Waals surface area contributed by atoms with Crippen LogP contribution in [-0.2, 0) is 32.6 Å². The first kappa shape index (κ1) is 23.2. The lowest BCUT2D eigenvalue weighted by molar-refractivity contribution is -0.131. The summed E-state index contributed by atoms with van der Waals surface area (Å²) in [6.45, 7) is 7.66. The van der Waals surface area contributed by atoms with Crippen molar-refractivity contribution >= 4 is 15.9 Å². The fourth-order valence-electron chi connectivity index (χ4n) is 3.59. The summed E-state index contributed by atoms with van der Waals surface area (Å²) in [5.41, 5.74) is 1.83. The van der Waals surface area contributed by atoms with Gasteiger partial charge in [0.05, 0.1) is 31.2 Å². The highest BCUT2D eigenvalue weighted by Gasteiger charge is 2.32. The molecule has 0 bridgehead atoms. The number of aryl methyl sites for hydroxylation is 1. The molecule has 1 aromatic heterocycles. The third-order valence-electron chi connectivity index (χ3n) is 5.25. The van der Waals surface area contributed by atoms with Crippen LogP contribution in [-0.4, -0.2) is 73.3 Å². The lowest BCUT2D eigenvalue weighted by Crippen LogP contribution is -2.41. The minimum atomic E-state index is -3.68. The molecule has 2 heterocycles. The average molecular weight is 451 g/mol. The third kappa shape index (κ3) is 5.25. The Morgan fingerprint density at radius 1 is 1.19 bits per heavy atom. The number of aromatic nitrogens is 2. The van der Waals surface area contributed by atoms with Crippen LogP contribution in [0.15, 0.2) is 29.2 Å². The van der Waals surface area contributed by atoms with Crippen LogP contribution in [0.1, 0.15) is 23.9 Å². The number of hydrogen-bond acceptors (Lipinski definition) is 6. The largest absolute Gasteiger partial charge is 0.494 e. The zero-order valence-electron chi connectivity index (χ0n) is 18.5. The van der Waals surface area contributed by atoms with E-state index in [2.05, 4.69) is 5.10 Å². The highest BCUT2D eigenvalue weighted by Crippen LogP contribution is 2.24. The van der Waals surface area contributed by atoms with Crippen LogP contribution in [0.25, 0.3) is 0 Å². The molecular weight excluding hydrogens is 420 g/mol. The molecule has 1 saturated heterocycles. The molecule has 0 aliphatic carbocycles. The number of hydrogen-bond donors (Lipinski definition) is 0. The Balaban J connectivity index is 1.70. The monoisotopic (exact) mass is 450 g/mol. The molecule has 1 aromatic carbocycles. The van der Waals surface area contributed by atoms with E-state index in [0.29, 0.717) is 50.8 Å². The maximum absolute atomic E-state index is 13.1. The van der Waals surface area contributed by atoms with Crippen molar-refractivity contribution in [3.8, 4) is 5.75 Å². The van der Waals surface area contributed by atoms with Gasteiger partial charge in [-0.25, -0.2) is 8.42 Å². The average Bonchev–Trinajstić information content (AvgIpc) is 3.03. The summed E-state index contributed by atoms with van der Waals surface area (Å²) < 4.78 is 39.8. The van der Waals surface area contributed by atoms with E-state index in [1.54, 1.807) is 25.8 Å². The fraction of sp³-hybridized carbons (Fsp3) is 0.524. The van der Waals surface area contributed by atoms with Gasteiger partial charge in [-0.3, -0.25) is 9.48 Å². The van der Waals surface area contributed by atoms with Crippen LogP contribution in [0, 0.1) is 13.8 Å². The van der Waals surface area contributed by atoms with Gasteiger partial charge in [0, 0.05) is 26.7 Å². The van der Waals surface area contributed by atoms with Crippen LogP contribution < -0.4 is 4.74 Å². The molecule has 1 aliphatic heterocycles. The van der Waals surface area contributed by atoms with Gasteiger partial charge in [-0.1, -0.05) is 12.1 Å². The zero-order chi connectivity index (χ0) is 22.6. The van der Waals surface area contributed by atoms with Crippen molar-refractivity contribution in [2.75, 3.05) is 40.0 Å². The number of amides is 1. The number of carbonyl (C=O) groups excluding carboxylic acids is 1. The Bertz CT molecular complexity index is 1010. The number of nitrogens with zero attached hydrogens (tertiary/aromatic N) is 4. The Morgan fingerprint density at radius 2 is 1.84 bits per heavy atom. The minimum absolute atomic E-state index is 0.0289. The van der Waals surface area contributed by atoms with Crippen LogP contribution in [0.2, 0.25) is 0 Å². The standard InChI is InChI=1S/C21H30N4O5S/c1-5-30-19-8-6-18(7-9-19)14-23(4)20(26)15-25-17(3)21(16(2)22-25)31(27,28)24-10-12-29-13-11-24/h6-9H,5,10-15H2,1-4H3. The van der Waals surface area contributed by atoms with E-state index in [1.165, 1.54) is 8.99 Å². The molecule has 3 rings (SSSR count). The molecule has 0 atom stereocenters. The predicted octanol–water partition coefficient (Wildman–Crippen LogP) is 1.58. The Morgan fingerprint density at radius 3 is 2.45 bits per heavy atom. The van der Waals surface area contributed by atoms with Crippen LogP contribution >= 0.6 is 0 Å². The maximum Gasteiger partial charge on any atom is 0.246 e. The van der Waals surface area contributed by atoms with Crippen molar-refractivity contribution in [2.45, 2.75) is 38.8 Å². The molecule has 31 heavy (non-hydrogen) atoms. The Labute approximate surface area is 183 Å². The van der Waals surface area contributed by atoms with Crippen LogP contribution in [0.3, 0.4) is 0 Å². The van der Waals surface area contributed by atoms with Gasteiger partial charge in [-0.2, -0.15) is 9.40 Å². The molecular formula is C21H30N4O5S. The Hall–Kier alpha value is -2.43. The van der Waals surface area contributed by atoms with Crippen molar-refractivity contribution in [1.29, 1.82) is 0 Å². The lowest BCUT2D eigenvalue weighted by atomic mass is 10.2. The first-order valence-corrected chi connectivity index (χ1v) is 11.8. The minimum Gasteiger partial charge on any atom is -0.494 e. The van der Waals surface area contributed by atoms with Crippen molar-refractivity contribution in [2.24, 2.45) is 0 Å². The lowest BCUT2D eigenvalue weighted by Gasteiger charge is -2.26. The second kappa shape index (κ2) is 9.80. The summed E-state index contributed by atoms with van der Waals surface area (Å²) in [6.07, 6.45) is 0. The van der Waals surface area contributed by atoms with E-state index in [1.807, 2.05) is 31.2 Å². The molecule has 1 amide bonds. The number of sulfonamides is 1. The molecule has 10 heteroatoms. The summed E-state index contributed by atoms with van der Waals surface area (Å²) >= 11 is 0. The summed E-state index contributed by atoms with van der Waals surface area (Å²) in [4.78, 5) is 14.6. The highest BCUT2D eigenvalue weighted by atomic mass is 32.2. The van der Waals surface area contributed by atoms with Crippen molar-refractivity contribution in [3.63, 3.8) is 0 Å². The quantitative estimate of drug-likeness (QED) is 0.606. The summed E-state index contributed by atoms with van der Waals surface area (Å²) in [7, 11) is -1.96. The van der Waals surface area contributed by atoms with Gasteiger partial charge in [-0.05, 0) is 38.5 Å². The van der Waals surface area contributed by atoms with E-state index in [9.17, 15) is 13.2 Å². The van der Waals surface area contributed by atoms with Crippen molar-refractivity contribution < 1.29 is 22.7 Å². The molecule has 1 fully saturated rings. The van der Waals surface area contributed by atoms with Gasteiger partial charge in [0.2, 0.25) is 15.9 Å². The zero-order valence-corrected chi connectivity index (χ0v) is 19.3. The first-order chi connectivity index (χ1) is 14.7. The molecule has 2 aromatic rings. The van der Waals surface area contributed by atoms with Gasteiger partial charge in [-0.15, -0.1) is 0 Å². The van der Waals surface area contributed by atoms with E-state index >= 15 is 0 Å². The summed E-state index contributed by atoms with van der Waals surface area (Å²) in [5.74, 6) is 0.631. The van der Waals surface area contributed by atoms with E-state index < -0.39 is 10.0 Å². The SMILES string of the molecule is CCOc1ccc(CN(C)C(=O)Cn2nc(C)c(S(=O)(=O)N3CCOCC3)c2C)cc1. The number of benzene rings is 1. The second-order valence-electron chi connectivity index (χ2n) is 7.50. The van der Waals surface area contributed by atoms with Crippen molar-refractivity contribution in [1.82, 2.24) is 19.0 Å². The number of ether oxygens (including phenoxy) is 2. The van der Waals surface area contributed by atoms with Gasteiger partial charge in [0.1, 0.15) is 17.2 Å². The predicted molar refractivity (Wildman–Crippen MR) is 115 cm³/mol. The van der Waals surface area contributed by atoms with Gasteiger partial charge < -0.3 is 14.4 Å². The molecule has 1 aliphatic rings. The molecule has 0 N–H and O–H groups in total. The second-order valence-corrected chi connectivity index (χ2v) is 9.38. The van der Waals surface area contributed by atoms with E-state index in [-0.39, 0.29) is 17.3 Å².